The molecule has 0 N–H and O–H groups in total. The topological polar surface area (TPSA) is 9.23 Å². The quantitative estimate of drug-likeness (QED) is 0.691. The summed E-state index contributed by atoms with van der Waals surface area (Å²) in [6, 6.07) is 18.6. The van der Waals surface area contributed by atoms with E-state index in [1.54, 1.807) is 0 Å². The third-order valence-corrected chi connectivity index (χ3v) is 1.90. The Balaban J connectivity index is 2.19. The molecule has 1 heteroatoms. The Morgan fingerprint density at radius 3 is 2.50 bits per heavy atom. The summed E-state index contributed by atoms with van der Waals surface area (Å²) in [4.78, 5) is 0. The molecule has 0 saturated heterocycles. The van der Waals surface area contributed by atoms with E-state index < -0.39 is 0 Å². The van der Waals surface area contributed by atoms with Gasteiger partial charge in [0.05, 0.1) is 0 Å². The highest BCUT2D eigenvalue weighted by Crippen LogP contribution is 2.20. The number of ether oxygens (including phenoxy) is 1. The molecule has 1 nitrogen and oxygen atoms in total. The minimum absolute atomic E-state index is 0.854. The average Bonchev–Trinajstić information content (AvgIpc) is 2.19. The Labute approximate surface area is 84.0 Å². The number of benzene rings is 2. The summed E-state index contributed by atoms with van der Waals surface area (Å²) in [5, 5.41) is 0. The summed E-state index contributed by atoms with van der Waals surface area (Å²) < 4.78 is 5.64. The molecular weight excluding hydrogens is 172 g/mol. The van der Waals surface area contributed by atoms with Gasteiger partial charge in [-0.1, -0.05) is 24.3 Å². The molecule has 0 heterocycles. The fourth-order valence-corrected chi connectivity index (χ4v) is 1.25. The molecule has 0 bridgehead atoms. The summed E-state index contributed by atoms with van der Waals surface area (Å²) in [7, 11) is 0. The van der Waals surface area contributed by atoms with Gasteiger partial charge in [0.1, 0.15) is 11.5 Å². The maximum absolute atomic E-state index is 5.64. The van der Waals surface area contributed by atoms with E-state index >= 15 is 0 Å². The van der Waals surface area contributed by atoms with Crippen molar-refractivity contribution in [1.82, 2.24) is 0 Å². The molecule has 14 heavy (non-hydrogen) atoms. The van der Waals surface area contributed by atoms with Crippen LogP contribution in [0.25, 0.3) is 0 Å². The summed E-state index contributed by atoms with van der Waals surface area (Å²) >= 11 is 0. The van der Waals surface area contributed by atoms with E-state index in [0.29, 0.717) is 0 Å². The molecule has 0 spiro atoms. The predicted molar refractivity (Wildman–Crippen MR) is 56.5 cm³/mol. The van der Waals surface area contributed by atoms with Crippen molar-refractivity contribution >= 4 is 0 Å². The fourth-order valence-electron chi connectivity index (χ4n) is 1.25. The van der Waals surface area contributed by atoms with Crippen LogP contribution in [0, 0.1) is 13.0 Å². The SMILES string of the molecule is Cc1[c]ccc(Oc2ccccc2)c1. The molecule has 0 atom stereocenters. The number of aryl methyl sites for hydroxylation is 1. The Kier molecular flexibility index (Phi) is 2.50. The molecule has 0 aromatic heterocycles. The van der Waals surface area contributed by atoms with E-state index in [2.05, 4.69) is 6.07 Å². The van der Waals surface area contributed by atoms with E-state index in [9.17, 15) is 0 Å². The van der Waals surface area contributed by atoms with E-state index in [1.807, 2.05) is 55.5 Å². The molecule has 0 aliphatic heterocycles. The van der Waals surface area contributed by atoms with Gasteiger partial charge in [-0.25, -0.2) is 0 Å². The van der Waals surface area contributed by atoms with Crippen molar-refractivity contribution in [3.05, 3.63) is 60.2 Å². The van der Waals surface area contributed by atoms with Crippen LogP contribution in [0.1, 0.15) is 5.56 Å². The Morgan fingerprint density at radius 2 is 1.79 bits per heavy atom. The van der Waals surface area contributed by atoms with E-state index in [0.717, 1.165) is 17.1 Å². The first-order valence-electron chi connectivity index (χ1n) is 4.56. The van der Waals surface area contributed by atoms with Gasteiger partial charge in [-0.05, 0) is 42.8 Å². The smallest absolute Gasteiger partial charge is 0.127 e. The lowest BCUT2D eigenvalue weighted by Gasteiger charge is -2.05. The third-order valence-electron chi connectivity index (χ3n) is 1.90. The van der Waals surface area contributed by atoms with Crippen LogP contribution in [0.5, 0.6) is 11.5 Å². The summed E-state index contributed by atoms with van der Waals surface area (Å²) in [5.74, 6) is 1.71. The van der Waals surface area contributed by atoms with Crippen molar-refractivity contribution in [3.63, 3.8) is 0 Å². The Morgan fingerprint density at radius 1 is 1.00 bits per heavy atom. The van der Waals surface area contributed by atoms with Gasteiger partial charge in [-0.3, -0.25) is 0 Å². The number of para-hydroxylation sites is 1. The van der Waals surface area contributed by atoms with Crippen LogP contribution in [0.15, 0.2) is 48.5 Å². The number of hydrogen-bond acceptors (Lipinski definition) is 1. The normalized spacial score (nSPS) is 9.79. The molecule has 0 saturated carbocycles. The highest BCUT2D eigenvalue weighted by Gasteiger charge is 1.95. The van der Waals surface area contributed by atoms with Crippen LogP contribution in [0.2, 0.25) is 0 Å². The molecule has 0 aliphatic carbocycles. The highest BCUT2D eigenvalue weighted by atomic mass is 16.5. The first-order valence-corrected chi connectivity index (χ1v) is 4.56. The van der Waals surface area contributed by atoms with Crippen LogP contribution in [0.4, 0.5) is 0 Å². The summed E-state index contributed by atoms with van der Waals surface area (Å²) in [5.41, 5.74) is 1.08. The fraction of sp³-hybridized carbons (Fsp3) is 0.0769. The van der Waals surface area contributed by atoms with Crippen molar-refractivity contribution in [2.75, 3.05) is 0 Å². The van der Waals surface area contributed by atoms with Crippen LogP contribution >= 0.6 is 0 Å². The van der Waals surface area contributed by atoms with Gasteiger partial charge in [0.2, 0.25) is 0 Å². The second kappa shape index (κ2) is 3.97. The van der Waals surface area contributed by atoms with Gasteiger partial charge >= 0.3 is 0 Å². The molecule has 2 rings (SSSR count). The van der Waals surface area contributed by atoms with E-state index in [4.69, 9.17) is 4.74 Å². The molecule has 2 aromatic carbocycles. The molecule has 0 aliphatic rings. The second-order valence-electron chi connectivity index (χ2n) is 3.12. The monoisotopic (exact) mass is 183 g/mol. The Bertz CT molecular complexity index is 407. The van der Waals surface area contributed by atoms with Gasteiger partial charge in [-0.15, -0.1) is 0 Å². The lowest BCUT2D eigenvalue weighted by Crippen LogP contribution is -1.83. The minimum atomic E-state index is 0.854. The predicted octanol–water partition coefficient (Wildman–Crippen LogP) is 3.59. The van der Waals surface area contributed by atoms with Gasteiger partial charge in [-0.2, -0.15) is 0 Å². The lowest BCUT2D eigenvalue weighted by atomic mass is 10.2. The molecule has 2 aromatic rings. The Hall–Kier alpha value is -1.76. The second-order valence-corrected chi connectivity index (χ2v) is 3.12. The van der Waals surface area contributed by atoms with Crippen molar-refractivity contribution in [2.24, 2.45) is 0 Å². The average molecular weight is 183 g/mol. The van der Waals surface area contributed by atoms with Crippen molar-refractivity contribution < 1.29 is 4.74 Å². The first-order chi connectivity index (χ1) is 6.84. The molecule has 0 unspecified atom stereocenters. The highest BCUT2D eigenvalue weighted by molar-refractivity contribution is 5.32. The van der Waals surface area contributed by atoms with Crippen LogP contribution in [-0.2, 0) is 0 Å². The molecule has 0 fully saturated rings. The third kappa shape index (κ3) is 2.13. The largest absolute Gasteiger partial charge is 0.457 e. The van der Waals surface area contributed by atoms with Gasteiger partial charge in [0.25, 0.3) is 0 Å². The first kappa shape index (κ1) is 8.82. The zero-order valence-electron chi connectivity index (χ0n) is 8.03. The van der Waals surface area contributed by atoms with Crippen molar-refractivity contribution in [3.8, 4) is 11.5 Å². The van der Waals surface area contributed by atoms with Crippen molar-refractivity contribution in [2.45, 2.75) is 6.92 Å². The summed E-state index contributed by atoms with van der Waals surface area (Å²) in [6.07, 6.45) is 0. The van der Waals surface area contributed by atoms with Crippen LogP contribution in [0.3, 0.4) is 0 Å². The van der Waals surface area contributed by atoms with Crippen LogP contribution < -0.4 is 4.74 Å². The maximum Gasteiger partial charge on any atom is 0.127 e. The standard InChI is InChI=1S/C13H11O/c1-11-6-5-9-13(10-11)14-12-7-3-2-4-8-12/h2-5,7-10H,1H3. The minimum Gasteiger partial charge on any atom is -0.457 e. The molecule has 1 radical (unpaired) electrons. The van der Waals surface area contributed by atoms with Gasteiger partial charge in [0, 0.05) is 0 Å². The van der Waals surface area contributed by atoms with Gasteiger partial charge in [0.15, 0.2) is 0 Å². The maximum atomic E-state index is 5.64. The van der Waals surface area contributed by atoms with Crippen molar-refractivity contribution in [1.29, 1.82) is 0 Å². The number of rotatable bonds is 2. The summed E-state index contributed by atoms with van der Waals surface area (Å²) in [6.45, 7) is 2.00. The van der Waals surface area contributed by atoms with Gasteiger partial charge < -0.3 is 4.74 Å². The van der Waals surface area contributed by atoms with E-state index in [1.165, 1.54) is 0 Å². The molecule has 0 amide bonds. The van der Waals surface area contributed by atoms with E-state index in [-0.39, 0.29) is 0 Å². The molecular formula is C13H11O. The molecule has 69 valence electrons. The zero-order valence-corrected chi connectivity index (χ0v) is 8.03. The lowest BCUT2D eigenvalue weighted by molar-refractivity contribution is 0.482. The van der Waals surface area contributed by atoms with Crippen LogP contribution in [-0.4, -0.2) is 0 Å². The number of hydrogen-bond donors (Lipinski definition) is 0. The zero-order chi connectivity index (χ0) is 9.80.